The van der Waals surface area contributed by atoms with Crippen LogP contribution in [0.4, 0.5) is 0 Å². The van der Waals surface area contributed by atoms with E-state index in [-0.39, 0.29) is 17.5 Å². The second-order valence-corrected chi connectivity index (χ2v) is 7.38. The van der Waals surface area contributed by atoms with Gasteiger partial charge < -0.3 is 15.8 Å². The molecule has 0 aliphatic carbocycles. The third kappa shape index (κ3) is 3.98. The summed E-state index contributed by atoms with van der Waals surface area (Å²) in [6, 6.07) is 13.6. The molecule has 1 aromatic heterocycles. The van der Waals surface area contributed by atoms with Crippen LogP contribution in [0.2, 0.25) is 0 Å². The number of nitrogen functional groups attached to an aromatic ring is 1. The first-order valence-electron chi connectivity index (χ1n) is 9.25. The van der Waals surface area contributed by atoms with Crippen LogP contribution in [-0.2, 0) is 0 Å². The van der Waals surface area contributed by atoms with Crippen molar-refractivity contribution in [2.75, 3.05) is 0 Å². The Bertz CT molecular complexity index is 1080. The van der Waals surface area contributed by atoms with Crippen molar-refractivity contribution in [2.24, 2.45) is 5.73 Å². The molecule has 5 heteroatoms. The lowest BCUT2D eigenvalue weighted by Gasteiger charge is -2.15. The molecule has 3 rings (SSSR count). The monoisotopic (exact) mass is 374 g/mol. The van der Waals surface area contributed by atoms with E-state index in [0.717, 1.165) is 22.2 Å². The molecule has 0 radical (unpaired) electrons. The molecule has 0 fully saturated rings. The van der Waals surface area contributed by atoms with Crippen molar-refractivity contribution in [3.05, 3.63) is 82.4 Å². The zero-order valence-electron chi connectivity index (χ0n) is 16.7. The largest absolute Gasteiger partial charge is 0.511 e. The first-order valence-corrected chi connectivity index (χ1v) is 9.25. The van der Waals surface area contributed by atoms with Gasteiger partial charge in [-0.15, -0.1) is 0 Å². The van der Waals surface area contributed by atoms with E-state index >= 15 is 0 Å². The summed E-state index contributed by atoms with van der Waals surface area (Å²) in [4.78, 5) is 7.92. The summed E-state index contributed by atoms with van der Waals surface area (Å²) in [6.45, 7) is 8.00. The molecule has 5 N–H and O–H groups in total. The maximum atomic E-state index is 11.1. The molecule has 0 aliphatic heterocycles. The Balaban J connectivity index is 2.12. The highest BCUT2D eigenvalue weighted by atomic mass is 16.3. The van der Waals surface area contributed by atoms with E-state index in [1.54, 1.807) is 12.1 Å². The topological polar surface area (TPSA) is 98.8 Å². The number of H-pyrrole nitrogens is 1. The van der Waals surface area contributed by atoms with Gasteiger partial charge in [0.25, 0.3) is 0 Å². The molecule has 1 unspecified atom stereocenters. The molecule has 0 spiro atoms. The number of hydrogen-bond donors (Lipinski definition) is 4. The highest BCUT2D eigenvalue weighted by molar-refractivity contribution is 5.98. The lowest BCUT2D eigenvalue weighted by atomic mass is 9.94. The van der Waals surface area contributed by atoms with E-state index in [0.29, 0.717) is 17.0 Å². The van der Waals surface area contributed by atoms with Gasteiger partial charge in [-0.05, 0) is 50.6 Å². The second kappa shape index (κ2) is 7.72. The number of aliphatic hydroxyl groups is 1. The molecule has 0 saturated carbocycles. The minimum absolute atomic E-state index is 0.00829. The third-order valence-electron chi connectivity index (χ3n) is 4.74. The van der Waals surface area contributed by atoms with Crippen molar-refractivity contribution in [3.63, 3.8) is 0 Å². The van der Waals surface area contributed by atoms with E-state index in [9.17, 15) is 5.11 Å². The molecule has 1 atom stereocenters. The first-order chi connectivity index (χ1) is 13.3. The number of aromatic amines is 1. The lowest BCUT2D eigenvalue weighted by Crippen LogP contribution is -2.10. The van der Waals surface area contributed by atoms with Crippen molar-refractivity contribution in [2.45, 2.75) is 33.6 Å². The van der Waals surface area contributed by atoms with Gasteiger partial charge in [0.1, 0.15) is 17.4 Å². The van der Waals surface area contributed by atoms with Gasteiger partial charge in [-0.2, -0.15) is 0 Å². The quantitative estimate of drug-likeness (QED) is 0.214. The number of hydrogen-bond acceptors (Lipinski definition) is 3. The highest BCUT2D eigenvalue weighted by Crippen LogP contribution is 2.30. The fourth-order valence-electron chi connectivity index (χ4n) is 3.10. The predicted octanol–water partition coefficient (Wildman–Crippen LogP) is 5.19. The Morgan fingerprint density at radius 1 is 1.18 bits per heavy atom. The molecule has 1 heterocycles. The number of fused-ring (bicyclic) bond motifs is 1. The van der Waals surface area contributed by atoms with Crippen LogP contribution >= 0.6 is 0 Å². The van der Waals surface area contributed by atoms with Crippen molar-refractivity contribution < 1.29 is 5.11 Å². The molecule has 0 amide bonds. The molecule has 0 saturated heterocycles. The van der Waals surface area contributed by atoms with E-state index < -0.39 is 0 Å². The van der Waals surface area contributed by atoms with Crippen LogP contribution < -0.4 is 5.73 Å². The minimum Gasteiger partial charge on any atom is -0.511 e. The standard InChI is InChI=1S/C23H26N4O/c1-13(2)11-18(21(28)15(4)16-7-5-14(3)6-8-16)23-26-19-10-9-17(22(24)25)12-20(19)27-23/h5-12,15,28H,1-4H3,(H3,24,25)(H,26,27)/b21-18-. The van der Waals surface area contributed by atoms with Gasteiger partial charge in [0, 0.05) is 11.5 Å². The number of amidine groups is 1. The molecule has 144 valence electrons. The number of aliphatic hydroxyl groups excluding tert-OH is 1. The van der Waals surface area contributed by atoms with Gasteiger partial charge in [0.15, 0.2) is 0 Å². The Hall–Kier alpha value is -3.34. The molecular formula is C23H26N4O. The Morgan fingerprint density at radius 2 is 1.86 bits per heavy atom. The number of nitrogens with two attached hydrogens (primary N) is 1. The number of nitrogens with zero attached hydrogens (tertiary/aromatic N) is 1. The van der Waals surface area contributed by atoms with Crippen LogP contribution in [0.1, 0.15) is 49.2 Å². The summed E-state index contributed by atoms with van der Waals surface area (Å²) < 4.78 is 0. The van der Waals surface area contributed by atoms with E-state index in [1.165, 1.54) is 5.56 Å². The number of benzene rings is 2. The van der Waals surface area contributed by atoms with Crippen molar-refractivity contribution in [3.8, 4) is 0 Å². The smallest absolute Gasteiger partial charge is 0.141 e. The number of imidazole rings is 1. The Morgan fingerprint density at radius 3 is 2.46 bits per heavy atom. The van der Waals surface area contributed by atoms with Crippen molar-refractivity contribution in [1.29, 1.82) is 5.41 Å². The normalized spacial score (nSPS) is 13.1. The zero-order valence-corrected chi connectivity index (χ0v) is 16.7. The van der Waals surface area contributed by atoms with Gasteiger partial charge in [0.05, 0.1) is 16.6 Å². The molecule has 5 nitrogen and oxygen atoms in total. The average Bonchev–Trinajstić information content (AvgIpc) is 3.08. The highest BCUT2D eigenvalue weighted by Gasteiger charge is 2.18. The molecule has 0 aliphatic rings. The zero-order chi connectivity index (χ0) is 20.4. The summed E-state index contributed by atoms with van der Waals surface area (Å²) >= 11 is 0. The van der Waals surface area contributed by atoms with Gasteiger partial charge in [-0.1, -0.05) is 42.3 Å². The van der Waals surface area contributed by atoms with Crippen LogP contribution in [-0.4, -0.2) is 20.9 Å². The second-order valence-electron chi connectivity index (χ2n) is 7.38. The maximum absolute atomic E-state index is 11.1. The van der Waals surface area contributed by atoms with Gasteiger partial charge in [-0.3, -0.25) is 5.41 Å². The number of rotatable bonds is 5. The van der Waals surface area contributed by atoms with Crippen LogP contribution in [0.25, 0.3) is 16.6 Å². The van der Waals surface area contributed by atoms with Crippen molar-refractivity contribution >= 4 is 22.4 Å². The SMILES string of the molecule is CC(C)=C/C(=C(/O)C(C)c1ccc(C)cc1)c1nc2ccc(C(=N)N)cc2[nH]1. The minimum atomic E-state index is -0.174. The van der Waals surface area contributed by atoms with Crippen LogP contribution in [0.3, 0.4) is 0 Å². The summed E-state index contributed by atoms with van der Waals surface area (Å²) in [7, 11) is 0. The van der Waals surface area contributed by atoms with Crippen LogP contribution in [0.5, 0.6) is 0 Å². The lowest BCUT2D eigenvalue weighted by molar-refractivity contribution is 0.378. The molecule has 3 aromatic rings. The number of nitrogens with one attached hydrogen (secondary N) is 2. The first kappa shape index (κ1) is 19.4. The Kier molecular flexibility index (Phi) is 5.36. The van der Waals surface area contributed by atoms with E-state index in [2.05, 4.69) is 9.97 Å². The van der Waals surface area contributed by atoms with Gasteiger partial charge >= 0.3 is 0 Å². The fourth-order valence-corrected chi connectivity index (χ4v) is 3.10. The summed E-state index contributed by atoms with van der Waals surface area (Å²) in [5, 5.41) is 18.7. The summed E-state index contributed by atoms with van der Waals surface area (Å²) in [6.07, 6.45) is 1.93. The third-order valence-corrected chi connectivity index (χ3v) is 4.74. The fraction of sp³-hybridized carbons (Fsp3) is 0.217. The van der Waals surface area contributed by atoms with Gasteiger partial charge in [0.2, 0.25) is 0 Å². The predicted molar refractivity (Wildman–Crippen MR) is 116 cm³/mol. The summed E-state index contributed by atoms with van der Waals surface area (Å²) in [5.74, 6) is 0.686. The number of aromatic nitrogens is 2. The molecule has 2 aromatic carbocycles. The average molecular weight is 374 g/mol. The molecule has 28 heavy (non-hydrogen) atoms. The van der Waals surface area contributed by atoms with E-state index in [1.807, 2.05) is 64.1 Å². The number of aryl methyl sites for hydroxylation is 1. The van der Waals surface area contributed by atoms with Gasteiger partial charge in [-0.25, -0.2) is 4.98 Å². The van der Waals surface area contributed by atoms with Crippen LogP contribution in [0.15, 0.2) is 59.9 Å². The number of allylic oxidation sites excluding steroid dienone is 4. The maximum Gasteiger partial charge on any atom is 0.141 e. The molecule has 0 bridgehead atoms. The Labute approximate surface area is 165 Å². The van der Waals surface area contributed by atoms with Crippen molar-refractivity contribution in [1.82, 2.24) is 9.97 Å². The molecular weight excluding hydrogens is 348 g/mol. The summed E-state index contributed by atoms with van der Waals surface area (Å²) in [5.41, 5.74) is 11.7. The van der Waals surface area contributed by atoms with Crippen LogP contribution in [0, 0.1) is 12.3 Å². The van der Waals surface area contributed by atoms with E-state index in [4.69, 9.17) is 11.1 Å².